The Morgan fingerprint density at radius 2 is 2.10 bits per heavy atom. The lowest BCUT2D eigenvalue weighted by atomic mass is 9.78. The number of nitrogens with two attached hydrogens (primary N) is 1. The Balaban J connectivity index is 1.21. The Kier molecular flexibility index (Phi) is 8.02. The van der Waals surface area contributed by atoms with Gasteiger partial charge in [0.05, 0.1) is 29.9 Å². The maximum Gasteiger partial charge on any atom is 0.353 e. The monoisotopic (exact) mass is 590 g/mol. The predicted molar refractivity (Wildman–Crippen MR) is 144 cm³/mol. The molecule has 7 N–H and O–H groups in total. The molecule has 17 heteroatoms. The average molecular weight is 591 g/mol. The number of hydrogen-bond donors (Lipinski definition) is 6. The normalized spacial score (nSPS) is 31.7. The van der Waals surface area contributed by atoms with E-state index in [9.17, 15) is 29.4 Å². The number of tetrazole rings is 1. The Morgan fingerprint density at radius 3 is 2.76 bits per heavy atom. The van der Waals surface area contributed by atoms with Gasteiger partial charge >= 0.3 is 5.97 Å². The van der Waals surface area contributed by atoms with Crippen LogP contribution in [-0.2, 0) is 25.7 Å². The summed E-state index contributed by atoms with van der Waals surface area (Å²) in [5, 5.41) is 44.4. The smallest absolute Gasteiger partial charge is 0.353 e. The fourth-order valence-corrected chi connectivity index (χ4v) is 7.86. The summed E-state index contributed by atoms with van der Waals surface area (Å²) in [6, 6.07) is -1.42. The Morgan fingerprint density at radius 1 is 1.34 bits per heavy atom. The summed E-state index contributed by atoms with van der Waals surface area (Å²) >= 11 is 1.38. The topological polar surface area (TPSA) is 233 Å². The van der Waals surface area contributed by atoms with E-state index in [0.717, 1.165) is 0 Å². The van der Waals surface area contributed by atoms with Crippen LogP contribution in [0.5, 0.6) is 0 Å². The molecule has 0 radical (unpaired) electrons. The number of amidine groups is 1. The first kappa shape index (κ1) is 28.9. The minimum Gasteiger partial charge on any atom is -0.477 e. The van der Waals surface area contributed by atoms with Crippen molar-refractivity contribution >= 4 is 41.3 Å². The third-order valence-electron chi connectivity index (χ3n) is 8.30. The van der Waals surface area contributed by atoms with Gasteiger partial charge in [-0.3, -0.25) is 19.8 Å². The first-order valence-electron chi connectivity index (χ1n) is 13.5. The van der Waals surface area contributed by atoms with Crippen LogP contribution >= 0.6 is 11.8 Å². The SMILES string of the molecule is C[C@@H](NC(=O)Cn1cnnn1)C1C(=O)N2C(C(=O)O)=C(SC3CN[C@H](C(=O)N4C[C@H](CC(=N)N)[C@H](O)C4)C3)[C@H](C)[C@H]12. The molecule has 8 atom stereocenters. The number of nitrogens with one attached hydrogen (secondary N) is 3. The quantitative estimate of drug-likeness (QED) is 0.0948. The molecule has 3 fully saturated rings. The summed E-state index contributed by atoms with van der Waals surface area (Å²) in [4.78, 5) is 54.6. The summed E-state index contributed by atoms with van der Waals surface area (Å²) < 4.78 is 1.26. The van der Waals surface area contributed by atoms with E-state index in [4.69, 9.17) is 11.1 Å². The van der Waals surface area contributed by atoms with Crippen LogP contribution in [0.1, 0.15) is 26.7 Å². The number of thioether (sulfide) groups is 1. The molecule has 0 saturated carbocycles. The van der Waals surface area contributed by atoms with Gasteiger partial charge in [-0.15, -0.1) is 16.9 Å². The Hall–Kier alpha value is -3.57. The number of amides is 3. The van der Waals surface area contributed by atoms with E-state index < -0.39 is 36.1 Å². The van der Waals surface area contributed by atoms with Crippen molar-refractivity contribution in [1.29, 1.82) is 5.41 Å². The number of carbonyl (C=O) groups excluding carboxylic acids is 3. The number of carbonyl (C=O) groups is 4. The fraction of sp³-hybridized carbons (Fsp3) is 0.667. The molecule has 5 rings (SSSR count). The van der Waals surface area contributed by atoms with E-state index in [1.165, 1.54) is 27.7 Å². The lowest BCUT2D eigenvalue weighted by Crippen LogP contribution is -2.66. The van der Waals surface area contributed by atoms with Crippen LogP contribution in [0.15, 0.2) is 16.9 Å². The molecular formula is C24H34N10O6S. The average Bonchev–Trinajstić information content (AvgIpc) is 3.68. The van der Waals surface area contributed by atoms with E-state index in [1.54, 1.807) is 11.8 Å². The first-order chi connectivity index (χ1) is 19.5. The summed E-state index contributed by atoms with van der Waals surface area (Å²) in [7, 11) is 0. The van der Waals surface area contributed by atoms with E-state index >= 15 is 0 Å². The molecule has 3 amide bonds. The summed E-state index contributed by atoms with van der Waals surface area (Å²) in [5.41, 5.74) is 5.44. The summed E-state index contributed by atoms with van der Waals surface area (Å²) in [6.07, 6.45) is 1.26. The number of nitrogens with zero attached hydrogens (tertiary/aromatic N) is 6. The van der Waals surface area contributed by atoms with Crippen molar-refractivity contribution in [3.8, 4) is 0 Å². The molecule has 0 spiro atoms. The van der Waals surface area contributed by atoms with Crippen molar-refractivity contribution in [2.45, 2.75) is 62.7 Å². The van der Waals surface area contributed by atoms with Crippen molar-refractivity contribution in [1.82, 2.24) is 40.6 Å². The maximum atomic E-state index is 13.2. The van der Waals surface area contributed by atoms with Crippen LogP contribution < -0.4 is 16.4 Å². The standard InChI is InChI=1S/C24H34N10O6S/c1-10-19-18(11(2)29-17(36)8-33-9-28-30-31-33)23(38)34(19)20(24(39)40)21(10)41-13-4-14(27-5-13)22(37)32-6-12(3-16(25)26)15(35)7-32/h9-15,18-19,27,35H,3-8H2,1-2H3,(H3,25,26)(H,29,36)(H,39,40)/t10-,11-,12+,13?,14+,15-,18?,19-/m1/s1. The van der Waals surface area contributed by atoms with Gasteiger partial charge in [0.15, 0.2) is 0 Å². The van der Waals surface area contributed by atoms with Crippen LogP contribution in [-0.4, -0.2) is 119 Å². The van der Waals surface area contributed by atoms with Gasteiger partial charge in [0, 0.05) is 54.1 Å². The Bertz CT molecular complexity index is 1270. The highest BCUT2D eigenvalue weighted by molar-refractivity contribution is 8.03. The zero-order chi connectivity index (χ0) is 29.6. The molecule has 1 aromatic heterocycles. The molecule has 222 valence electrons. The second-order valence-corrected chi connectivity index (χ2v) is 12.5. The number of carboxylic acid groups (broad SMARTS) is 1. The van der Waals surface area contributed by atoms with Gasteiger partial charge < -0.3 is 36.4 Å². The molecular weight excluding hydrogens is 556 g/mol. The minimum absolute atomic E-state index is 0.0291. The van der Waals surface area contributed by atoms with Gasteiger partial charge in [-0.1, -0.05) is 6.92 Å². The number of aliphatic hydroxyl groups excluding tert-OH is 1. The highest BCUT2D eigenvalue weighted by atomic mass is 32.2. The summed E-state index contributed by atoms with van der Waals surface area (Å²) in [6.45, 7) is 4.49. The van der Waals surface area contributed by atoms with Gasteiger partial charge in [-0.05, 0) is 23.8 Å². The number of rotatable bonds is 10. The molecule has 1 aromatic rings. The second kappa shape index (κ2) is 11.4. The second-order valence-electron chi connectivity index (χ2n) is 11.1. The lowest BCUT2D eigenvalue weighted by molar-refractivity contribution is -0.158. The molecule has 2 unspecified atom stereocenters. The molecule has 5 heterocycles. The van der Waals surface area contributed by atoms with E-state index in [-0.39, 0.29) is 65.9 Å². The third kappa shape index (κ3) is 5.52. The van der Waals surface area contributed by atoms with Crippen molar-refractivity contribution in [3.63, 3.8) is 0 Å². The van der Waals surface area contributed by atoms with Crippen molar-refractivity contribution in [2.75, 3.05) is 19.6 Å². The van der Waals surface area contributed by atoms with Crippen molar-refractivity contribution in [3.05, 3.63) is 16.9 Å². The predicted octanol–water partition coefficient (Wildman–Crippen LogP) is -2.44. The van der Waals surface area contributed by atoms with Gasteiger partial charge in [0.2, 0.25) is 17.7 Å². The number of aliphatic hydroxyl groups is 1. The molecule has 4 aliphatic rings. The van der Waals surface area contributed by atoms with E-state index in [2.05, 4.69) is 26.2 Å². The number of hydrogen-bond acceptors (Lipinski definition) is 11. The lowest BCUT2D eigenvalue weighted by Gasteiger charge is -2.47. The number of aliphatic carboxylic acids is 1. The van der Waals surface area contributed by atoms with Gasteiger partial charge in [0.1, 0.15) is 18.6 Å². The first-order valence-corrected chi connectivity index (χ1v) is 14.3. The van der Waals surface area contributed by atoms with Crippen LogP contribution in [0.4, 0.5) is 0 Å². The number of aromatic nitrogens is 4. The van der Waals surface area contributed by atoms with Gasteiger partial charge in [-0.25, -0.2) is 9.48 Å². The molecule has 4 aliphatic heterocycles. The number of β-lactam (4-membered cyclic amide) rings is 1. The molecule has 41 heavy (non-hydrogen) atoms. The number of carboxylic acids is 1. The number of fused-ring (bicyclic) bond motifs is 1. The van der Waals surface area contributed by atoms with E-state index in [1.807, 2.05) is 6.92 Å². The minimum atomic E-state index is -1.19. The zero-order valence-corrected chi connectivity index (χ0v) is 23.5. The highest BCUT2D eigenvalue weighted by Crippen LogP contribution is 2.51. The van der Waals surface area contributed by atoms with Crippen LogP contribution in [0, 0.1) is 23.2 Å². The number of likely N-dealkylation sites (tertiary alicyclic amines) is 1. The fourth-order valence-electron chi connectivity index (χ4n) is 6.38. The van der Waals surface area contributed by atoms with E-state index in [0.29, 0.717) is 24.4 Å². The largest absolute Gasteiger partial charge is 0.477 e. The van der Waals surface area contributed by atoms with Gasteiger partial charge in [-0.2, -0.15) is 0 Å². The summed E-state index contributed by atoms with van der Waals surface area (Å²) in [5.74, 6) is -3.21. The van der Waals surface area contributed by atoms with Crippen LogP contribution in [0.2, 0.25) is 0 Å². The third-order valence-corrected chi connectivity index (χ3v) is 9.81. The highest BCUT2D eigenvalue weighted by Gasteiger charge is 2.60. The zero-order valence-electron chi connectivity index (χ0n) is 22.6. The number of β-amino-alcohol motifs (C(OH)–C–C–N with tert-alkyl or cyclic N) is 1. The van der Waals surface area contributed by atoms with Crippen LogP contribution in [0.3, 0.4) is 0 Å². The molecule has 0 aromatic carbocycles. The van der Waals surface area contributed by atoms with Crippen LogP contribution in [0.25, 0.3) is 0 Å². The molecule has 0 aliphatic carbocycles. The van der Waals surface area contributed by atoms with Crippen molar-refractivity contribution < 1.29 is 29.4 Å². The van der Waals surface area contributed by atoms with Crippen molar-refractivity contribution in [2.24, 2.45) is 23.5 Å². The molecule has 3 saturated heterocycles. The van der Waals surface area contributed by atoms with Gasteiger partial charge in [0.25, 0.3) is 0 Å². The maximum absolute atomic E-state index is 13.2. The molecule has 16 nitrogen and oxygen atoms in total. The molecule has 0 bridgehead atoms. The Labute approximate surface area is 239 Å².